The van der Waals surface area contributed by atoms with Crippen LogP contribution >= 0.6 is 0 Å². The number of benzene rings is 1. The Balaban J connectivity index is 2.00. The fourth-order valence-electron chi connectivity index (χ4n) is 2.11. The van der Waals surface area contributed by atoms with Gasteiger partial charge in [0.2, 0.25) is 0 Å². The number of hydrogen-bond donors (Lipinski definition) is 4. The van der Waals surface area contributed by atoms with E-state index in [9.17, 15) is 9.90 Å². The summed E-state index contributed by atoms with van der Waals surface area (Å²) in [7, 11) is 0. The molecule has 4 N–H and O–H groups in total. The molecule has 0 fully saturated rings. The number of nitrogens with one attached hydrogen (secondary N) is 3. The second-order valence-corrected chi connectivity index (χ2v) is 4.91. The first-order chi connectivity index (χ1) is 9.10. The molecule has 2 rings (SSSR count). The second-order valence-electron chi connectivity index (χ2n) is 4.91. The first-order valence-electron chi connectivity index (χ1n) is 6.73. The summed E-state index contributed by atoms with van der Waals surface area (Å²) >= 11 is 0. The van der Waals surface area contributed by atoms with Crippen LogP contribution in [0.4, 0.5) is 0 Å². The molecule has 0 bridgehead atoms. The van der Waals surface area contributed by atoms with Gasteiger partial charge in [-0.05, 0) is 44.0 Å². The van der Waals surface area contributed by atoms with Crippen LogP contribution in [0.1, 0.15) is 38.3 Å². The van der Waals surface area contributed by atoms with Crippen molar-refractivity contribution in [3.63, 3.8) is 0 Å². The average Bonchev–Trinajstić information content (AvgIpc) is 2.77. The molecule has 0 spiro atoms. The summed E-state index contributed by atoms with van der Waals surface area (Å²) in [5, 5.41) is 12.9. The molecule has 2 aromatic rings. The zero-order chi connectivity index (χ0) is 13.8. The van der Waals surface area contributed by atoms with Crippen molar-refractivity contribution < 1.29 is 5.11 Å². The van der Waals surface area contributed by atoms with Crippen LogP contribution in [-0.2, 0) is 0 Å². The van der Waals surface area contributed by atoms with E-state index in [0.717, 1.165) is 36.0 Å². The van der Waals surface area contributed by atoms with E-state index >= 15 is 0 Å². The molecule has 0 amide bonds. The van der Waals surface area contributed by atoms with Crippen LogP contribution in [0.2, 0.25) is 0 Å². The molecule has 0 saturated heterocycles. The minimum atomic E-state index is -0.233. The highest BCUT2D eigenvalue weighted by atomic mass is 16.3. The lowest BCUT2D eigenvalue weighted by Gasteiger charge is -2.15. The van der Waals surface area contributed by atoms with E-state index in [1.54, 1.807) is 0 Å². The van der Waals surface area contributed by atoms with E-state index in [-0.39, 0.29) is 17.8 Å². The number of H-pyrrole nitrogens is 2. The van der Waals surface area contributed by atoms with Crippen molar-refractivity contribution in [2.75, 3.05) is 6.54 Å². The molecular weight excluding hydrogens is 242 g/mol. The zero-order valence-corrected chi connectivity index (χ0v) is 11.4. The van der Waals surface area contributed by atoms with Gasteiger partial charge in [0, 0.05) is 6.04 Å². The third kappa shape index (κ3) is 3.45. The van der Waals surface area contributed by atoms with E-state index in [4.69, 9.17) is 0 Å². The maximum atomic E-state index is 11.2. The van der Waals surface area contributed by atoms with Crippen molar-refractivity contribution in [3.05, 3.63) is 34.2 Å². The summed E-state index contributed by atoms with van der Waals surface area (Å²) in [5.41, 5.74) is 2.58. The molecule has 0 radical (unpaired) electrons. The SMILES string of the molecule is CCC(O)CCNC(C)c1ccc2[nH]c(=O)[nH]c2c1. The van der Waals surface area contributed by atoms with Crippen LogP contribution in [0, 0.1) is 0 Å². The number of fused-ring (bicyclic) bond motifs is 1. The Morgan fingerprint density at radius 2 is 2.05 bits per heavy atom. The average molecular weight is 263 g/mol. The number of hydrogen-bond acceptors (Lipinski definition) is 3. The van der Waals surface area contributed by atoms with Crippen molar-refractivity contribution >= 4 is 11.0 Å². The van der Waals surface area contributed by atoms with Gasteiger partial charge in [-0.3, -0.25) is 0 Å². The Bertz CT molecular complexity index is 588. The van der Waals surface area contributed by atoms with Gasteiger partial charge in [0.1, 0.15) is 0 Å². The van der Waals surface area contributed by atoms with Crippen molar-refractivity contribution in [3.8, 4) is 0 Å². The lowest BCUT2D eigenvalue weighted by atomic mass is 10.1. The van der Waals surface area contributed by atoms with Crippen molar-refractivity contribution in [2.24, 2.45) is 0 Å². The topological polar surface area (TPSA) is 80.9 Å². The minimum absolute atomic E-state index is 0.182. The van der Waals surface area contributed by atoms with Crippen LogP contribution in [0.5, 0.6) is 0 Å². The number of aromatic nitrogens is 2. The summed E-state index contributed by atoms with van der Waals surface area (Å²) < 4.78 is 0. The van der Waals surface area contributed by atoms with Gasteiger partial charge >= 0.3 is 5.69 Å². The quantitative estimate of drug-likeness (QED) is 0.640. The smallest absolute Gasteiger partial charge is 0.323 e. The number of aromatic amines is 2. The van der Waals surface area contributed by atoms with E-state index in [1.807, 2.05) is 25.1 Å². The van der Waals surface area contributed by atoms with Gasteiger partial charge in [-0.2, -0.15) is 0 Å². The third-order valence-corrected chi connectivity index (χ3v) is 3.44. The predicted molar refractivity (Wildman–Crippen MR) is 76.3 cm³/mol. The van der Waals surface area contributed by atoms with Crippen LogP contribution in [0.25, 0.3) is 11.0 Å². The highest BCUT2D eigenvalue weighted by Gasteiger charge is 2.08. The Morgan fingerprint density at radius 1 is 1.32 bits per heavy atom. The molecule has 5 heteroatoms. The molecule has 1 heterocycles. The van der Waals surface area contributed by atoms with E-state index in [0.29, 0.717) is 0 Å². The van der Waals surface area contributed by atoms with Gasteiger partial charge in [-0.25, -0.2) is 4.79 Å². The molecule has 1 aromatic heterocycles. The fourth-order valence-corrected chi connectivity index (χ4v) is 2.11. The second kappa shape index (κ2) is 6.04. The van der Waals surface area contributed by atoms with Crippen molar-refractivity contribution in [1.82, 2.24) is 15.3 Å². The monoisotopic (exact) mass is 263 g/mol. The van der Waals surface area contributed by atoms with E-state index in [2.05, 4.69) is 22.2 Å². The van der Waals surface area contributed by atoms with Gasteiger partial charge in [0.25, 0.3) is 0 Å². The fraction of sp³-hybridized carbons (Fsp3) is 0.500. The standard InChI is InChI=1S/C14H21N3O2/c1-3-11(18)6-7-15-9(2)10-4-5-12-13(8-10)17-14(19)16-12/h4-5,8-9,11,15,18H,3,6-7H2,1-2H3,(H2,16,17,19). The van der Waals surface area contributed by atoms with Crippen LogP contribution in [0.3, 0.4) is 0 Å². The van der Waals surface area contributed by atoms with Crippen molar-refractivity contribution in [1.29, 1.82) is 0 Å². The number of rotatable bonds is 6. The first kappa shape index (κ1) is 13.8. The Kier molecular flexibility index (Phi) is 4.39. The lowest BCUT2D eigenvalue weighted by molar-refractivity contribution is 0.159. The lowest BCUT2D eigenvalue weighted by Crippen LogP contribution is -2.23. The molecule has 2 atom stereocenters. The van der Waals surface area contributed by atoms with E-state index < -0.39 is 0 Å². The Morgan fingerprint density at radius 3 is 2.79 bits per heavy atom. The summed E-state index contributed by atoms with van der Waals surface area (Å²) in [6, 6.07) is 6.06. The van der Waals surface area contributed by atoms with E-state index in [1.165, 1.54) is 0 Å². The minimum Gasteiger partial charge on any atom is -0.393 e. The molecule has 104 valence electrons. The molecule has 0 aliphatic carbocycles. The molecule has 5 nitrogen and oxygen atoms in total. The van der Waals surface area contributed by atoms with Gasteiger partial charge in [0.15, 0.2) is 0 Å². The molecule has 0 aliphatic rings. The summed E-state index contributed by atoms with van der Waals surface area (Å²) in [6.45, 7) is 4.83. The van der Waals surface area contributed by atoms with Crippen LogP contribution < -0.4 is 11.0 Å². The summed E-state index contributed by atoms with van der Waals surface area (Å²) in [6.07, 6.45) is 1.31. The summed E-state index contributed by atoms with van der Waals surface area (Å²) in [5.74, 6) is 0. The molecule has 0 aliphatic heterocycles. The number of imidazole rings is 1. The number of aliphatic hydroxyl groups is 1. The highest BCUT2D eigenvalue weighted by molar-refractivity contribution is 5.75. The molecule has 1 aromatic carbocycles. The van der Waals surface area contributed by atoms with Crippen molar-refractivity contribution in [2.45, 2.75) is 38.8 Å². The van der Waals surface area contributed by atoms with Crippen LogP contribution in [-0.4, -0.2) is 27.7 Å². The van der Waals surface area contributed by atoms with Gasteiger partial charge in [-0.1, -0.05) is 13.0 Å². The van der Waals surface area contributed by atoms with Gasteiger partial charge in [0.05, 0.1) is 17.1 Å². The largest absolute Gasteiger partial charge is 0.393 e. The summed E-state index contributed by atoms with van der Waals surface area (Å²) in [4.78, 5) is 16.7. The van der Waals surface area contributed by atoms with Gasteiger partial charge < -0.3 is 20.4 Å². The van der Waals surface area contributed by atoms with Gasteiger partial charge in [-0.15, -0.1) is 0 Å². The molecule has 2 unspecified atom stereocenters. The Labute approximate surface area is 112 Å². The predicted octanol–water partition coefficient (Wildman–Crippen LogP) is 1.67. The first-order valence-corrected chi connectivity index (χ1v) is 6.73. The molecular formula is C14H21N3O2. The normalized spacial score (nSPS) is 14.7. The van der Waals surface area contributed by atoms with Crippen LogP contribution in [0.15, 0.2) is 23.0 Å². The third-order valence-electron chi connectivity index (χ3n) is 3.44. The zero-order valence-electron chi connectivity index (χ0n) is 11.4. The molecule has 0 saturated carbocycles. The maximum Gasteiger partial charge on any atom is 0.323 e. The maximum absolute atomic E-state index is 11.2. The highest BCUT2D eigenvalue weighted by Crippen LogP contribution is 2.17. The Hall–Kier alpha value is -1.59. The number of aliphatic hydroxyl groups excluding tert-OH is 1. The molecule has 19 heavy (non-hydrogen) atoms.